The maximum atomic E-state index is 12.0. The fourth-order valence-electron chi connectivity index (χ4n) is 2.00. The summed E-state index contributed by atoms with van der Waals surface area (Å²) in [6.45, 7) is 8.63. The van der Waals surface area contributed by atoms with Crippen LogP contribution in [0.5, 0.6) is 0 Å². The van der Waals surface area contributed by atoms with Gasteiger partial charge in [-0.15, -0.1) is 0 Å². The van der Waals surface area contributed by atoms with Gasteiger partial charge in [-0.1, -0.05) is 12.2 Å². The number of carboxylic acid groups (broad SMARTS) is 1. The Balaban J connectivity index is 2.40. The minimum Gasteiger partial charge on any atom is -0.480 e. The number of aliphatic carboxylic acids is 1. The highest BCUT2D eigenvalue weighted by atomic mass is 16.4. The van der Waals surface area contributed by atoms with Gasteiger partial charge in [-0.05, 0) is 6.92 Å². The van der Waals surface area contributed by atoms with E-state index in [1.165, 1.54) is 0 Å². The summed E-state index contributed by atoms with van der Waals surface area (Å²) in [5.41, 5.74) is 0.940. The number of urea groups is 1. The van der Waals surface area contributed by atoms with Gasteiger partial charge in [-0.3, -0.25) is 9.69 Å². The van der Waals surface area contributed by atoms with E-state index in [4.69, 9.17) is 5.11 Å². The SMILES string of the molecule is C=C(C)CN(C)C(=O)N1CCN(CC(=O)O)CC1. The van der Waals surface area contributed by atoms with Crippen LogP contribution in [0.3, 0.4) is 0 Å². The van der Waals surface area contributed by atoms with Gasteiger partial charge in [-0.2, -0.15) is 0 Å². The molecule has 0 aliphatic carbocycles. The zero-order valence-corrected chi connectivity index (χ0v) is 11.1. The summed E-state index contributed by atoms with van der Waals surface area (Å²) in [4.78, 5) is 27.8. The van der Waals surface area contributed by atoms with Crippen LogP contribution in [-0.2, 0) is 4.79 Å². The predicted molar refractivity (Wildman–Crippen MR) is 68.5 cm³/mol. The number of rotatable bonds is 4. The highest BCUT2D eigenvalue weighted by molar-refractivity contribution is 5.74. The Hall–Kier alpha value is -1.56. The fourth-order valence-corrected chi connectivity index (χ4v) is 2.00. The number of carbonyl (C=O) groups is 2. The third-order valence-electron chi connectivity index (χ3n) is 2.84. The average molecular weight is 255 g/mol. The second-order valence-corrected chi connectivity index (χ2v) is 4.75. The van der Waals surface area contributed by atoms with Crippen molar-refractivity contribution in [2.24, 2.45) is 0 Å². The first kappa shape index (κ1) is 14.5. The van der Waals surface area contributed by atoms with Gasteiger partial charge in [0.05, 0.1) is 6.54 Å². The second-order valence-electron chi connectivity index (χ2n) is 4.75. The van der Waals surface area contributed by atoms with E-state index in [9.17, 15) is 9.59 Å². The Morgan fingerprint density at radius 1 is 1.28 bits per heavy atom. The molecule has 1 aliphatic rings. The van der Waals surface area contributed by atoms with Gasteiger partial charge in [0.25, 0.3) is 0 Å². The molecule has 0 atom stereocenters. The van der Waals surface area contributed by atoms with Crippen LogP contribution < -0.4 is 0 Å². The van der Waals surface area contributed by atoms with E-state index in [2.05, 4.69) is 6.58 Å². The minimum absolute atomic E-state index is 0.0204. The van der Waals surface area contributed by atoms with E-state index >= 15 is 0 Å². The first-order valence-corrected chi connectivity index (χ1v) is 5.98. The largest absolute Gasteiger partial charge is 0.480 e. The Morgan fingerprint density at radius 2 is 1.83 bits per heavy atom. The van der Waals surface area contributed by atoms with Gasteiger partial charge < -0.3 is 14.9 Å². The van der Waals surface area contributed by atoms with E-state index in [1.807, 2.05) is 11.8 Å². The smallest absolute Gasteiger partial charge is 0.320 e. The number of carboxylic acids is 1. The molecule has 0 bridgehead atoms. The summed E-state index contributed by atoms with van der Waals surface area (Å²) in [6.07, 6.45) is 0. The van der Waals surface area contributed by atoms with E-state index in [1.54, 1.807) is 16.8 Å². The van der Waals surface area contributed by atoms with E-state index in [0.717, 1.165) is 5.57 Å². The topological polar surface area (TPSA) is 64.1 Å². The lowest BCUT2D eigenvalue weighted by Gasteiger charge is -2.36. The first-order chi connectivity index (χ1) is 8.40. The molecule has 0 spiro atoms. The summed E-state index contributed by atoms with van der Waals surface area (Å²) >= 11 is 0. The predicted octanol–water partition coefficient (Wildman–Crippen LogP) is 0.317. The van der Waals surface area contributed by atoms with Gasteiger partial charge in [0.1, 0.15) is 0 Å². The third kappa shape index (κ3) is 4.37. The van der Waals surface area contributed by atoms with Crippen molar-refractivity contribution in [3.05, 3.63) is 12.2 Å². The van der Waals surface area contributed by atoms with Crippen LogP contribution in [0.15, 0.2) is 12.2 Å². The molecule has 6 heteroatoms. The van der Waals surface area contributed by atoms with Gasteiger partial charge in [0, 0.05) is 39.8 Å². The van der Waals surface area contributed by atoms with Gasteiger partial charge in [0.2, 0.25) is 0 Å². The Kier molecular flexibility index (Phi) is 5.15. The van der Waals surface area contributed by atoms with Crippen molar-refractivity contribution in [1.29, 1.82) is 0 Å². The van der Waals surface area contributed by atoms with Crippen molar-refractivity contribution in [2.45, 2.75) is 6.92 Å². The van der Waals surface area contributed by atoms with Crippen LogP contribution >= 0.6 is 0 Å². The molecule has 2 amide bonds. The molecule has 0 unspecified atom stereocenters. The summed E-state index contributed by atoms with van der Waals surface area (Å²) < 4.78 is 0. The number of hydrogen-bond acceptors (Lipinski definition) is 3. The maximum Gasteiger partial charge on any atom is 0.320 e. The summed E-state index contributed by atoms with van der Waals surface area (Å²) in [5.74, 6) is -0.825. The Morgan fingerprint density at radius 3 is 2.28 bits per heavy atom. The van der Waals surface area contributed by atoms with Crippen LogP contribution in [0.1, 0.15) is 6.92 Å². The van der Waals surface area contributed by atoms with Gasteiger partial charge in [-0.25, -0.2) is 4.79 Å². The molecule has 0 saturated carbocycles. The molecule has 0 aromatic rings. The fraction of sp³-hybridized carbons (Fsp3) is 0.667. The lowest BCUT2D eigenvalue weighted by molar-refractivity contribution is -0.138. The Bertz CT molecular complexity index is 335. The summed E-state index contributed by atoms with van der Waals surface area (Å²) in [7, 11) is 1.75. The number of likely N-dealkylation sites (N-methyl/N-ethyl adjacent to an activating group) is 1. The van der Waals surface area contributed by atoms with E-state index in [0.29, 0.717) is 32.7 Å². The molecule has 0 aromatic carbocycles. The van der Waals surface area contributed by atoms with Crippen molar-refractivity contribution in [1.82, 2.24) is 14.7 Å². The average Bonchev–Trinajstić information content (AvgIpc) is 2.27. The molecule has 102 valence electrons. The lowest BCUT2D eigenvalue weighted by atomic mass is 10.3. The van der Waals surface area contributed by atoms with Crippen LogP contribution in [0, 0.1) is 0 Å². The standard InChI is InChI=1S/C12H21N3O3/c1-10(2)8-13(3)12(18)15-6-4-14(5-7-15)9-11(16)17/h1,4-9H2,2-3H3,(H,16,17). The second kappa shape index (κ2) is 6.39. The number of piperazine rings is 1. The molecule has 1 rings (SSSR count). The molecule has 0 aromatic heterocycles. The molecule has 1 saturated heterocycles. The van der Waals surface area contributed by atoms with Crippen LogP contribution in [0.25, 0.3) is 0 Å². The normalized spacial score (nSPS) is 16.4. The molecule has 1 heterocycles. The Labute approximate surface area is 107 Å². The lowest BCUT2D eigenvalue weighted by Crippen LogP contribution is -2.53. The van der Waals surface area contributed by atoms with E-state index in [-0.39, 0.29) is 12.6 Å². The third-order valence-corrected chi connectivity index (χ3v) is 2.84. The highest BCUT2D eigenvalue weighted by Crippen LogP contribution is 2.05. The number of nitrogens with zero attached hydrogens (tertiary/aromatic N) is 3. The zero-order valence-electron chi connectivity index (χ0n) is 11.1. The van der Waals surface area contributed by atoms with Crippen LogP contribution in [0.4, 0.5) is 4.79 Å². The number of carbonyl (C=O) groups excluding carboxylic acids is 1. The molecular formula is C12H21N3O3. The van der Waals surface area contributed by atoms with Gasteiger partial charge >= 0.3 is 12.0 Å². The molecule has 1 aliphatic heterocycles. The number of amides is 2. The summed E-state index contributed by atoms with van der Waals surface area (Å²) in [5, 5.41) is 8.69. The van der Waals surface area contributed by atoms with Crippen molar-refractivity contribution in [3.8, 4) is 0 Å². The molecule has 1 N–H and O–H groups in total. The minimum atomic E-state index is -0.825. The van der Waals surface area contributed by atoms with Crippen molar-refractivity contribution in [3.63, 3.8) is 0 Å². The van der Waals surface area contributed by atoms with Crippen molar-refractivity contribution < 1.29 is 14.7 Å². The van der Waals surface area contributed by atoms with Crippen LogP contribution in [-0.4, -0.2) is 78.1 Å². The number of hydrogen-bond donors (Lipinski definition) is 1. The highest BCUT2D eigenvalue weighted by Gasteiger charge is 2.24. The van der Waals surface area contributed by atoms with Crippen molar-refractivity contribution in [2.75, 3.05) is 46.3 Å². The zero-order chi connectivity index (χ0) is 13.7. The molecule has 18 heavy (non-hydrogen) atoms. The van der Waals surface area contributed by atoms with Crippen LogP contribution in [0.2, 0.25) is 0 Å². The summed E-state index contributed by atoms with van der Waals surface area (Å²) in [6, 6.07) is -0.0204. The monoisotopic (exact) mass is 255 g/mol. The molecule has 1 fully saturated rings. The quantitative estimate of drug-likeness (QED) is 0.735. The van der Waals surface area contributed by atoms with Gasteiger partial charge in [0.15, 0.2) is 0 Å². The molecular weight excluding hydrogens is 234 g/mol. The van der Waals surface area contributed by atoms with Crippen molar-refractivity contribution >= 4 is 12.0 Å². The maximum absolute atomic E-state index is 12.0. The molecule has 6 nitrogen and oxygen atoms in total. The van der Waals surface area contributed by atoms with E-state index < -0.39 is 5.97 Å². The first-order valence-electron chi connectivity index (χ1n) is 5.98. The molecule has 0 radical (unpaired) electrons.